The third-order valence-electron chi connectivity index (χ3n) is 6.35. The van der Waals surface area contributed by atoms with Crippen LogP contribution in [0.5, 0.6) is 5.75 Å². The Morgan fingerprint density at radius 3 is 2.72 bits per heavy atom. The van der Waals surface area contributed by atoms with E-state index in [1.165, 1.54) is 5.56 Å². The van der Waals surface area contributed by atoms with Gasteiger partial charge in [0.05, 0.1) is 32.9 Å². The highest BCUT2D eigenvalue weighted by molar-refractivity contribution is 7.19. The first-order valence-corrected chi connectivity index (χ1v) is 13.2. The molecule has 0 spiro atoms. The first-order chi connectivity index (χ1) is 17.0. The first-order valence-electron chi connectivity index (χ1n) is 12.4. The van der Waals surface area contributed by atoms with Crippen LogP contribution >= 0.6 is 11.3 Å². The van der Waals surface area contributed by atoms with Crippen LogP contribution in [0.3, 0.4) is 0 Å². The number of fused-ring (bicyclic) bond motifs is 1. The first kappa shape index (κ1) is 24.7. The number of benzene rings is 2. The Morgan fingerprint density at radius 2 is 2.03 bits per heavy atom. The average Bonchev–Trinajstić information content (AvgIpc) is 3.18. The molecule has 2 aromatic carbocycles. The fourth-order valence-corrected chi connectivity index (χ4v) is 6.32. The molecule has 1 aliphatic rings. The molecule has 1 atom stereocenters. The quantitative estimate of drug-likeness (QED) is 0.308. The summed E-state index contributed by atoms with van der Waals surface area (Å²) in [6.45, 7) is 12.6. The smallest absolute Gasteiger partial charge is 0.337 e. The third-order valence-corrected chi connectivity index (χ3v) is 7.46. The number of hydrogen-bond acceptors (Lipinski definition) is 6. The Kier molecular flexibility index (Phi) is 6.25. The van der Waals surface area contributed by atoms with Crippen molar-refractivity contribution in [2.24, 2.45) is 5.92 Å². The number of ether oxygens (including phenoxy) is 2. The monoisotopic (exact) mass is 504 g/mol. The molecule has 6 nitrogen and oxygen atoms in total. The van der Waals surface area contributed by atoms with E-state index in [1.54, 1.807) is 11.3 Å². The molecule has 0 bridgehead atoms. The zero-order valence-electron chi connectivity index (χ0n) is 21.6. The summed E-state index contributed by atoms with van der Waals surface area (Å²) in [6, 6.07) is 8.03. The third kappa shape index (κ3) is 4.46. The van der Waals surface area contributed by atoms with Crippen LogP contribution in [0.25, 0.3) is 32.2 Å². The van der Waals surface area contributed by atoms with E-state index in [9.17, 15) is 9.90 Å². The summed E-state index contributed by atoms with van der Waals surface area (Å²) < 4.78 is 13.1. The van der Waals surface area contributed by atoms with E-state index >= 15 is 0 Å². The number of carboxylic acid groups (broad SMARTS) is 1. The standard InChI is InChI=1S/C29H32N2O4S/c1-15(2)13-21-31-19-14-16(3)22(26(28(32)33)35-29(4,5)6)24(27(19)36-21)18-7-8-20-23-17(10-12-34-20)9-11-30-25(18)23/h7-9,11,14-15,26H,10,12-13H2,1-6H3,(H,32,33)/t26-/m0/s1. The number of hydrogen-bond donors (Lipinski definition) is 1. The van der Waals surface area contributed by atoms with Gasteiger partial charge in [0.15, 0.2) is 6.10 Å². The van der Waals surface area contributed by atoms with Crippen LogP contribution in [0.4, 0.5) is 0 Å². The van der Waals surface area contributed by atoms with Crippen molar-refractivity contribution < 1.29 is 19.4 Å². The second-order valence-corrected chi connectivity index (χ2v) is 12.0. The van der Waals surface area contributed by atoms with Crippen molar-refractivity contribution in [1.29, 1.82) is 0 Å². The van der Waals surface area contributed by atoms with Gasteiger partial charge >= 0.3 is 5.97 Å². The lowest BCUT2D eigenvalue weighted by Gasteiger charge is -2.28. The molecule has 1 aliphatic heterocycles. The summed E-state index contributed by atoms with van der Waals surface area (Å²) in [5, 5.41) is 12.4. The second-order valence-electron chi connectivity index (χ2n) is 10.9. The van der Waals surface area contributed by atoms with Crippen molar-refractivity contribution in [3.8, 4) is 16.9 Å². The number of nitrogens with zero attached hydrogens (tertiary/aromatic N) is 2. The fourth-order valence-electron chi connectivity index (χ4n) is 4.99. The summed E-state index contributed by atoms with van der Waals surface area (Å²) in [7, 11) is 0. The molecule has 4 aromatic rings. The Morgan fingerprint density at radius 1 is 1.25 bits per heavy atom. The van der Waals surface area contributed by atoms with Crippen molar-refractivity contribution in [3.63, 3.8) is 0 Å². The Balaban J connectivity index is 1.88. The van der Waals surface area contributed by atoms with Gasteiger partial charge in [-0.05, 0) is 69.0 Å². The number of carbonyl (C=O) groups is 1. The van der Waals surface area contributed by atoms with Gasteiger partial charge in [0.25, 0.3) is 0 Å². The van der Waals surface area contributed by atoms with Gasteiger partial charge in [-0.15, -0.1) is 11.3 Å². The minimum atomic E-state index is -1.14. The summed E-state index contributed by atoms with van der Waals surface area (Å²) in [6.07, 6.45) is 2.38. The number of thiazole rings is 1. The average molecular weight is 505 g/mol. The van der Waals surface area contributed by atoms with Crippen molar-refractivity contribution in [1.82, 2.24) is 9.97 Å². The molecule has 0 radical (unpaired) electrons. The highest BCUT2D eigenvalue weighted by Crippen LogP contribution is 2.46. The Bertz CT molecular complexity index is 1470. The predicted molar refractivity (Wildman–Crippen MR) is 144 cm³/mol. The van der Waals surface area contributed by atoms with E-state index < -0.39 is 17.7 Å². The summed E-state index contributed by atoms with van der Waals surface area (Å²) in [4.78, 5) is 22.4. The van der Waals surface area contributed by atoms with Gasteiger partial charge in [-0.2, -0.15) is 0 Å². The van der Waals surface area contributed by atoms with Crippen LogP contribution in [0.1, 0.15) is 62.4 Å². The van der Waals surface area contributed by atoms with E-state index in [1.807, 2.05) is 58.2 Å². The normalized spacial score (nSPS) is 14.4. The molecule has 0 amide bonds. The lowest BCUT2D eigenvalue weighted by atomic mass is 9.89. The van der Waals surface area contributed by atoms with E-state index in [-0.39, 0.29) is 0 Å². The molecule has 188 valence electrons. The zero-order chi connectivity index (χ0) is 25.8. The molecule has 0 unspecified atom stereocenters. The predicted octanol–water partition coefficient (Wildman–Crippen LogP) is 6.89. The van der Waals surface area contributed by atoms with Crippen LogP contribution in [-0.4, -0.2) is 33.3 Å². The number of aliphatic carboxylic acids is 1. The van der Waals surface area contributed by atoms with Gasteiger partial charge in [0.1, 0.15) is 5.75 Å². The summed E-state index contributed by atoms with van der Waals surface area (Å²) in [5.74, 6) is 0.267. The fraction of sp³-hybridized carbons (Fsp3) is 0.414. The van der Waals surface area contributed by atoms with Gasteiger partial charge in [-0.3, -0.25) is 4.98 Å². The van der Waals surface area contributed by atoms with E-state index in [4.69, 9.17) is 19.4 Å². The summed E-state index contributed by atoms with van der Waals surface area (Å²) >= 11 is 1.64. The SMILES string of the molecule is Cc1cc2nc(CC(C)C)sc2c(-c2ccc3c4c(ccnc24)CCO3)c1[C@H](OC(C)(C)C)C(=O)O. The molecule has 0 saturated carbocycles. The van der Waals surface area contributed by atoms with Crippen LogP contribution in [-0.2, 0) is 22.4 Å². The van der Waals surface area contributed by atoms with E-state index in [0.717, 1.165) is 61.4 Å². The van der Waals surface area contributed by atoms with Gasteiger partial charge < -0.3 is 14.6 Å². The number of carboxylic acids is 1. The van der Waals surface area contributed by atoms with Crippen LogP contribution in [0.15, 0.2) is 30.5 Å². The maximum absolute atomic E-state index is 12.7. The minimum Gasteiger partial charge on any atom is -0.493 e. The van der Waals surface area contributed by atoms with Gasteiger partial charge in [-0.1, -0.05) is 13.8 Å². The highest BCUT2D eigenvalue weighted by atomic mass is 32.1. The van der Waals surface area contributed by atoms with Crippen molar-refractivity contribution >= 4 is 38.4 Å². The maximum Gasteiger partial charge on any atom is 0.337 e. The molecule has 0 saturated heterocycles. The Hall–Kier alpha value is -3.03. The van der Waals surface area contributed by atoms with Crippen LogP contribution in [0.2, 0.25) is 0 Å². The van der Waals surface area contributed by atoms with Gasteiger partial charge in [0.2, 0.25) is 0 Å². The molecule has 2 aromatic heterocycles. The van der Waals surface area contributed by atoms with Crippen molar-refractivity contribution in [2.45, 2.75) is 66.1 Å². The molecule has 7 heteroatoms. The number of aryl methyl sites for hydroxylation is 1. The van der Waals surface area contributed by atoms with E-state index in [0.29, 0.717) is 18.1 Å². The lowest BCUT2D eigenvalue weighted by molar-refractivity contribution is -0.160. The van der Waals surface area contributed by atoms with Gasteiger partial charge in [-0.25, -0.2) is 9.78 Å². The zero-order valence-corrected chi connectivity index (χ0v) is 22.5. The molecule has 0 fully saturated rings. The minimum absolute atomic E-state index is 0.463. The number of aromatic nitrogens is 2. The summed E-state index contributed by atoms with van der Waals surface area (Å²) in [5.41, 5.74) is 5.46. The molecule has 5 rings (SSSR count). The van der Waals surface area contributed by atoms with E-state index in [2.05, 4.69) is 13.8 Å². The maximum atomic E-state index is 12.7. The molecule has 0 aliphatic carbocycles. The highest BCUT2D eigenvalue weighted by Gasteiger charge is 2.33. The Labute approximate surface area is 215 Å². The van der Waals surface area contributed by atoms with Crippen LogP contribution < -0.4 is 4.74 Å². The number of pyridine rings is 1. The second kappa shape index (κ2) is 9.12. The topological polar surface area (TPSA) is 81.5 Å². The molecule has 3 heterocycles. The lowest BCUT2D eigenvalue weighted by Crippen LogP contribution is -2.28. The van der Waals surface area contributed by atoms with Crippen LogP contribution in [0, 0.1) is 12.8 Å². The largest absolute Gasteiger partial charge is 0.493 e. The van der Waals surface area contributed by atoms with Gasteiger partial charge in [0, 0.05) is 41.1 Å². The van der Waals surface area contributed by atoms with Crippen molar-refractivity contribution in [2.75, 3.05) is 6.61 Å². The molecular formula is C29H32N2O4S. The molecular weight excluding hydrogens is 472 g/mol. The molecule has 1 N–H and O–H groups in total. The number of rotatable bonds is 6. The molecule has 36 heavy (non-hydrogen) atoms. The van der Waals surface area contributed by atoms with Crippen molar-refractivity contribution in [3.05, 3.63) is 52.2 Å².